The maximum absolute atomic E-state index is 13.4. The summed E-state index contributed by atoms with van der Waals surface area (Å²) >= 11 is 0. The molecule has 1 fully saturated rings. The van der Waals surface area contributed by atoms with E-state index in [4.69, 9.17) is 4.74 Å². The van der Waals surface area contributed by atoms with E-state index in [2.05, 4.69) is 9.55 Å². The smallest absolute Gasteiger partial charge is 0.259 e. The molecule has 2 aromatic heterocycles. The quantitative estimate of drug-likeness (QED) is 0.803. The molecule has 2 aliphatic heterocycles. The molecule has 1 aliphatic carbocycles. The van der Waals surface area contributed by atoms with Crippen LogP contribution in [0.1, 0.15) is 70.8 Å². The van der Waals surface area contributed by atoms with Gasteiger partial charge in [0.25, 0.3) is 11.8 Å². The number of hydrogen-bond donors (Lipinski definition) is 0. The fourth-order valence-corrected chi connectivity index (χ4v) is 5.06. The minimum atomic E-state index is -0.135. The zero-order chi connectivity index (χ0) is 20.1. The summed E-state index contributed by atoms with van der Waals surface area (Å²) in [7, 11) is 1.53. The molecule has 5 rings (SSSR count). The van der Waals surface area contributed by atoms with Crippen LogP contribution in [0.15, 0.2) is 24.4 Å². The molecular formula is C22H26N4O3. The Morgan fingerprint density at radius 1 is 1.24 bits per heavy atom. The minimum absolute atomic E-state index is 0.00308. The van der Waals surface area contributed by atoms with Gasteiger partial charge in [-0.2, -0.15) is 0 Å². The number of fused-ring (bicyclic) bond motifs is 2. The molecule has 0 aromatic carbocycles. The minimum Gasteiger partial charge on any atom is -0.480 e. The van der Waals surface area contributed by atoms with Crippen molar-refractivity contribution >= 4 is 11.8 Å². The third kappa shape index (κ3) is 2.82. The molecule has 1 atom stereocenters. The average Bonchev–Trinajstić information content (AvgIpc) is 3.47. The van der Waals surface area contributed by atoms with Crippen LogP contribution in [0.3, 0.4) is 0 Å². The van der Waals surface area contributed by atoms with Gasteiger partial charge < -0.3 is 19.1 Å². The van der Waals surface area contributed by atoms with Crippen LogP contribution in [0.25, 0.3) is 0 Å². The van der Waals surface area contributed by atoms with Crippen molar-refractivity contribution in [1.29, 1.82) is 0 Å². The molecule has 3 aliphatic rings. The SMILES string of the molecule is COc1nc2c(cc1C(=O)N1CCn3cccc3C1C)C(=O)N(C1CCCC1)C2. The maximum atomic E-state index is 13.4. The molecule has 0 saturated heterocycles. The van der Waals surface area contributed by atoms with Crippen LogP contribution in [-0.2, 0) is 13.1 Å². The first-order valence-corrected chi connectivity index (χ1v) is 10.4. The van der Waals surface area contributed by atoms with Crippen LogP contribution in [0.2, 0.25) is 0 Å². The van der Waals surface area contributed by atoms with Crippen molar-refractivity contribution in [1.82, 2.24) is 19.4 Å². The number of hydrogen-bond acceptors (Lipinski definition) is 4. The van der Waals surface area contributed by atoms with E-state index in [1.54, 1.807) is 6.07 Å². The van der Waals surface area contributed by atoms with Gasteiger partial charge in [-0.05, 0) is 38.0 Å². The lowest BCUT2D eigenvalue weighted by Gasteiger charge is -2.35. The van der Waals surface area contributed by atoms with Crippen molar-refractivity contribution in [2.45, 2.75) is 57.8 Å². The summed E-state index contributed by atoms with van der Waals surface area (Å²) in [6, 6.07) is 6.01. The van der Waals surface area contributed by atoms with E-state index in [1.807, 2.05) is 35.1 Å². The summed E-state index contributed by atoms with van der Waals surface area (Å²) in [5, 5.41) is 0. The van der Waals surface area contributed by atoms with E-state index >= 15 is 0 Å². The molecule has 2 aromatic rings. The Kier molecular flexibility index (Phi) is 4.33. The third-order valence-corrected chi connectivity index (χ3v) is 6.67. The van der Waals surface area contributed by atoms with Gasteiger partial charge in [0.2, 0.25) is 5.88 Å². The molecule has 2 amide bonds. The average molecular weight is 394 g/mol. The molecule has 1 saturated carbocycles. The second-order valence-corrected chi connectivity index (χ2v) is 8.21. The monoisotopic (exact) mass is 394 g/mol. The zero-order valence-corrected chi connectivity index (χ0v) is 16.9. The molecule has 0 N–H and O–H groups in total. The van der Waals surface area contributed by atoms with Gasteiger partial charge in [0.1, 0.15) is 5.56 Å². The number of rotatable bonds is 3. The second-order valence-electron chi connectivity index (χ2n) is 8.21. The highest BCUT2D eigenvalue weighted by molar-refractivity contribution is 6.03. The molecular weight excluding hydrogens is 368 g/mol. The molecule has 4 heterocycles. The van der Waals surface area contributed by atoms with Gasteiger partial charge in [0, 0.05) is 31.0 Å². The highest BCUT2D eigenvalue weighted by atomic mass is 16.5. The Hall–Kier alpha value is -2.83. The van der Waals surface area contributed by atoms with E-state index < -0.39 is 0 Å². The Morgan fingerprint density at radius 2 is 2.03 bits per heavy atom. The van der Waals surface area contributed by atoms with Crippen LogP contribution in [0, 0.1) is 0 Å². The Bertz CT molecular complexity index is 976. The fraction of sp³-hybridized carbons (Fsp3) is 0.500. The normalized spacial score (nSPS) is 21.4. The zero-order valence-electron chi connectivity index (χ0n) is 16.9. The number of carbonyl (C=O) groups excluding carboxylic acids is 2. The highest BCUT2D eigenvalue weighted by Gasteiger charge is 2.38. The van der Waals surface area contributed by atoms with Crippen LogP contribution in [0.5, 0.6) is 5.88 Å². The summed E-state index contributed by atoms with van der Waals surface area (Å²) in [4.78, 5) is 34.8. The Balaban J connectivity index is 1.47. The summed E-state index contributed by atoms with van der Waals surface area (Å²) in [5.41, 5.74) is 2.76. The van der Waals surface area contributed by atoms with Gasteiger partial charge >= 0.3 is 0 Å². The summed E-state index contributed by atoms with van der Waals surface area (Å²) in [6.45, 7) is 3.91. The van der Waals surface area contributed by atoms with Gasteiger partial charge in [0.05, 0.1) is 31.0 Å². The first-order valence-electron chi connectivity index (χ1n) is 10.4. The van der Waals surface area contributed by atoms with E-state index in [1.165, 1.54) is 20.0 Å². The van der Waals surface area contributed by atoms with Crippen LogP contribution in [0.4, 0.5) is 0 Å². The number of ether oxygens (including phenoxy) is 1. The predicted molar refractivity (Wildman–Crippen MR) is 107 cm³/mol. The van der Waals surface area contributed by atoms with Crippen LogP contribution < -0.4 is 4.74 Å². The predicted octanol–water partition coefficient (Wildman–Crippen LogP) is 3.01. The molecule has 0 bridgehead atoms. The lowest BCUT2D eigenvalue weighted by atomic mass is 10.1. The van der Waals surface area contributed by atoms with Crippen molar-refractivity contribution in [2.75, 3.05) is 13.7 Å². The highest BCUT2D eigenvalue weighted by Crippen LogP contribution is 2.35. The molecule has 152 valence electrons. The van der Waals surface area contributed by atoms with Gasteiger partial charge in [-0.3, -0.25) is 9.59 Å². The van der Waals surface area contributed by atoms with Crippen molar-refractivity contribution in [3.8, 4) is 5.88 Å². The summed E-state index contributed by atoms with van der Waals surface area (Å²) in [6.07, 6.45) is 6.47. The van der Waals surface area contributed by atoms with E-state index in [0.29, 0.717) is 30.1 Å². The maximum Gasteiger partial charge on any atom is 0.259 e. The molecule has 7 nitrogen and oxygen atoms in total. The number of methoxy groups -OCH3 is 1. The lowest BCUT2D eigenvalue weighted by molar-refractivity contribution is 0.0639. The Morgan fingerprint density at radius 3 is 2.79 bits per heavy atom. The molecule has 29 heavy (non-hydrogen) atoms. The van der Waals surface area contributed by atoms with Crippen molar-refractivity contribution < 1.29 is 14.3 Å². The largest absolute Gasteiger partial charge is 0.480 e. The molecule has 0 spiro atoms. The first-order chi connectivity index (χ1) is 14.1. The van der Waals surface area contributed by atoms with E-state index in [9.17, 15) is 9.59 Å². The van der Waals surface area contributed by atoms with Gasteiger partial charge in [-0.15, -0.1) is 0 Å². The second kappa shape index (κ2) is 6.90. The molecule has 0 radical (unpaired) electrons. The van der Waals surface area contributed by atoms with Crippen LogP contribution >= 0.6 is 0 Å². The number of carbonyl (C=O) groups is 2. The molecule has 7 heteroatoms. The van der Waals surface area contributed by atoms with Crippen LogP contribution in [-0.4, -0.2) is 50.9 Å². The van der Waals surface area contributed by atoms with E-state index in [0.717, 1.165) is 30.8 Å². The number of nitrogens with zero attached hydrogens (tertiary/aromatic N) is 4. The lowest BCUT2D eigenvalue weighted by Crippen LogP contribution is -2.41. The third-order valence-electron chi connectivity index (χ3n) is 6.67. The topological polar surface area (TPSA) is 67.7 Å². The fourth-order valence-electron chi connectivity index (χ4n) is 5.06. The summed E-state index contributed by atoms with van der Waals surface area (Å²) in [5.74, 6) is 0.170. The van der Waals surface area contributed by atoms with Crippen molar-refractivity contribution in [2.24, 2.45) is 0 Å². The summed E-state index contributed by atoms with van der Waals surface area (Å²) < 4.78 is 7.65. The van der Waals surface area contributed by atoms with Gasteiger partial charge in [-0.1, -0.05) is 12.8 Å². The number of aromatic nitrogens is 2. The molecule has 1 unspecified atom stereocenters. The van der Waals surface area contributed by atoms with Gasteiger partial charge in [0.15, 0.2) is 0 Å². The standard InChI is InChI=1S/C22H26N4O3/c1-14-19-8-5-9-24(19)10-11-25(14)22(28)17-12-16-18(23-20(17)29-2)13-26(21(16)27)15-6-3-4-7-15/h5,8-9,12,14-15H,3-4,6-7,10-11,13H2,1-2H3. The number of pyridine rings is 1. The van der Waals surface area contributed by atoms with Crippen molar-refractivity contribution in [3.63, 3.8) is 0 Å². The van der Waals surface area contributed by atoms with Crippen molar-refractivity contribution in [3.05, 3.63) is 46.9 Å². The van der Waals surface area contributed by atoms with Gasteiger partial charge in [-0.25, -0.2) is 4.98 Å². The van der Waals surface area contributed by atoms with E-state index in [-0.39, 0.29) is 23.9 Å². The number of amides is 2. The first kappa shape index (κ1) is 18.2. The Labute approximate surface area is 170 Å².